The van der Waals surface area contributed by atoms with Crippen LogP contribution < -0.4 is 5.73 Å². The van der Waals surface area contributed by atoms with Crippen LogP contribution in [0.1, 0.15) is 55.0 Å². The number of nitrogens with zero attached hydrogens (tertiary/aromatic N) is 2. The molecule has 5 nitrogen and oxygen atoms in total. The molecule has 1 aliphatic carbocycles. The Morgan fingerprint density at radius 2 is 1.71 bits per heavy atom. The van der Waals surface area contributed by atoms with E-state index < -0.39 is 0 Å². The summed E-state index contributed by atoms with van der Waals surface area (Å²) in [4.78, 5) is 16.7. The highest BCUT2D eigenvalue weighted by atomic mass is 16.6. The summed E-state index contributed by atoms with van der Waals surface area (Å²) >= 11 is 0. The molecule has 1 heterocycles. The first kappa shape index (κ1) is 21.8. The highest BCUT2D eigenvalue weighted by molar-refractivity contribution is 5.67. The molecule has 2 aromatic rings. The van der Waals surface area contributed by atoms with Gasteiger partial charge in [-0.25, -0.2) is 4.79 Å². The number of ether oxygens (including phenoxy) is 1. The van der Waals surface area contributed by atoms with E-state index in [9.17, 15) is 4.79 Å². The Kier molecular flexibility index (Phi) is 7.25. The summed E-state index contributed by atoms with van der Waals surface area (Å²) < 4.78 is 5.50. The van der Waals surface area contributed by atoms with Gasteiger partial charge >= 0.3 is 6.09 Å². The van der Waals surface area contributed by atoms with E-state index in [1.165, 1.54) is 24.0 Å². The summed E-state index contributed by atoms with van der Waals surface area (Å²) in [5.74, 6) is 0.591. The summed E-state index contributed by atoms with van der Waals surface area (Å²) in [7, 11) is 0. The minimum atomic E-state index is -0.165. The van der Waals surface area contributed by atoms with Crippen LogP contribution in [0.3, 0.4) is 0 Å². The van der Waals surface area contributed by atoms with Crippen LogP contribution in [-0.4, -0.2) is 48.7 Å². The van der Waals surface area contributed by atoms with Gasteiger partial charge < -0.3 is 15.4 Å². The predicted octanol–water partition coefficient (Wildman–Crippen LogP) is 4.54. The molecule has 2 N–H and O–H groups in total. The zero-order chi connectivity index (χ0) is 21.6. The normalized spacial score (nSPS) is 19.1. The average Bonchev–Trinajstić information content (AvgIpc) is 3.64. The number of carbonyl (C=O) groups excluding carboxylic acids is 1. The van der Waals surface area contributed by atoms with Crippen molar-refractivity contribution in [2.24, 2.45) is 11.7 Å². The zero-order valence-corrected chi connectivity index (χ0v) is 18.6. The van der Waals surface area contributed by atoms with Crippen LogP contribution in [0.25, 0.3) is 0 Å². The lowest BCUT2D eigenvalue weighted by atomic mass is 9.88. The van der Waals surface area contributed by atoms with Gasteiger partial charge in [0.2, 0.25) is 0 Å². The first-order valence-corrected chi connectivity index (χ1v) is 11.7. The largest absolute Gasteiger partial charge is 0.449 e. The molecule has 166 valence electrons. The Morgan fingerprint density at radius 3 is 2.39 bits per heavy atom. The first-order valence-electron chi connectivity index (χ1n) is 11.7. The molecule has 0 aromatic heterocycles. The minimum absolute atomic E-state index is 0.0785. The molecule has 2 fully saturated rings. The maximum absolute atomic E-state index is 12.4. The average molecular weight is 422 g/mol. The number of piperazine rings is 1. The van der Waals surface area contributed by atoms with Crippen LogP contribution in [0.2, 0.25) is 0 Å². The topological polar surface area (TPSA) is 58.8 Å². The third kappa shape index (κ3) is 5.46. The molecule has 0 radical (unpaired) electrons. The number of nitrogens with two attached hydrogens (primary N) is 1. The molecule has 2 aliphatic rings. The summed E-state index contributed by atoms with van der Waals surface area (Å²) in [5, 5.41) is 0. The maximum Gasteiger partial charge on any atom is 0.409 e. The Bertz CT molecular complexity index is 845. The molecule has 5 heteroatoms. The maximum atomic E-state index is 12.4. The smallest absolute Gasteiger partial charge is 0.409 e. The van der Waals surface area contributed by atoms with Gasteiger partial charge in [-0.15, -0.1) is 0 Å². The third-order valence-electron chi connectivity index (χ3n) is 6.52. The number of hydrogen-bond donors (Lipinski definition) is 1. The first-order chi connectivity index (χ1) is 15.2. The summed E-state index contributed by atoms with van der Waals surface area (Å²) in [6.07, 6.45) is 4.36. The molecule has 0 spiro atoms. The van der Waals surface area contributed by atoms with Crippen LogP contribution >= 0.6 is 0 Å². The molecule has 1 aliphatic heterocycles. The second-order valence-corrected chi connectivity index (χ2v) is 8.87. The Balaban J connectivity index is 1.52. The molecule has 0 bridgehead atoms. The molecule has 2 unspecified atom stereocenters. The fourth-order valence-corrected chi connectivity index (χ4v) is 4.54. The van der Waals surface area contributed by atoms with E-state index >= 15 is 0 Å². The van der Waals surface area contributed by atoms with E-state index in [1.807, 2.05) is 11.0 Å². The standard InChI is InChI=1S/C26H35N3O2/c1-2-8-21-9-6-7-12-23(21)25(24(27)22-10-4-3-5-11-22)28-15-17-29(18-16-28)26(30)31-19-20-13-14-20/h3-7,9-12,20,24-25H,2,8,13-19,27H2,1H3. The van der Waals surface area contributed by atoms with Crippen LogP contribution in [0.15, 0.2) is 54.6 Å². The van der Waals surface area contributed by atoms with Gasteiger partial charge in [-0.3, -0.25) is 4.90 Å². The number of benzene rings is 2. The summed E-state index contributed by atoms with van der Waals surface area (Å²) in [6, 6.07) is 19.0. The number of rotatable bonds is 8. The number of carbonyl (C=O) groups is 1. The van der Waals surface area contributed by atoms with Crippen LogP contribution in [0, 0.1) is 5.92 Å². The summed E-state index contributed by atoms with van der Waals surface area (Å²) in [5.41, 5.74) is 10.7. The third-order valence-corrected chi connectivity index (χ3v) is 6.52. The fourth-order valence-electron chi connectivity index (χ4n) is 4.54. The van der Waals surface area contributed by atoms with Crippen molar-refractivity contribution < 1.29 is 9.53 Å². The highest BCUT2D eigenvalue weighted by Gasteiger charge is 2.33. The molecule has 31 heavy (non-hydrogen) atoms. The molecule has 4 rings (SSSR count). The molecule has 2 aromatic carbocycles. The summed E-state index contributed by atoms with van der Waals surface area (Å²) in [6.45, 7) is 5.74. The van der Waals surface area contributed by atoms with Gasteiger partial charge in [0.25, 0.3) is 0 Å². The van der Waals surface area contributed by atoms with Crippen molar-refractivity contribution in [3.05, 3.63) is 71.3 Å². The van der Waals surface area contributed by atoms with Gasteiger partial charge in [0.05, 0.1) is 12.6 Å². The zero-order valence-electron chi connectivity index (χ0n) is 18.6. The second-order valence-electron chi connectivity index (χ2n) is 8.87. The lowest BCUT2D eigenvalue weighted by Crippen LogP contribution is -2.51. The quantitative estimate of drug-likeness (QED) is 0.680. The Labute approximate surface area is 186 Å². The fraction of sp³-hybridized carbons (Fsp3) is 0.500. The molecular weight excluding hydrogens is 386 g/mol. The van der Waals surface area contributed by atoms with Crippen molar-refractivity contribution in [1.82, 2.24) is 9.80 Å². The number of amides is 1. The molecular formula is C26H35N3O2. The van der Waals surface area contributed by atoms with Crippen molar-refractivity contribution in [2.75, 3.05) is 32.8 Å². The van der Waals surface area contributed by atoms with Crippen LogP contribution in [0.5, 0.6) is 0 Å². The van der Waals surface area contributed by atoms with Crippen LogP contribution in [0.4, 0.5) is 4.79 Å². The molecule has 1 amide bonds. The number of aryl methyl sites for hydroxylation is 1. The molecule has 2 atom stereocenters. The van der Waals surface area contributed by atoms with Crippen molar-refractivity contribution in [3.8, 4) is 0 Å². The van der Waals surface area contributed by atoms with Crippen molar-refractivity contribution >= 4 is 6.09 Å². The van der Waals surface area contributed by atoms with E-state index in [1.54, 1.807) is 0 Å². The lowest BCUT2D eigenvalue weighted by Gasteiger charge is -2.42. The second kappa shape index (κ2) is 10.3. The van der Waals surface area contributed by atoms with Gasteiger partial charge in [-0.05, 0) is 41.9 Å². The number of hydrogen-bond acceptors (Lipinski definition) is 4. The predicted molar refractivity (Wildman–Crippen MR) is 124 cm³/mol. The van der Waals surface area contributed by atoms with E-state index in [4.69, 9.17) is 10.5 Å². The monoisotopic (exact) mass is 421 g/mol. The van der Waals surface area contributed by atoms with E-state index in [0.717, 1.165) is 31.5 Å². The van der Waals surface area contributed by atoms with Gasteiger partial charge in [0, 0.05) is 32.2 Å². The Hall–Kier alpha value is -2.37. The van der Waals surface area contributed by atoms with Gasteiger partial charge in [0.1, 0.15) is 0 Å². The van der Waals surface area contributed by atoms with Gasteiger partial charge in [0.15, 0.2) is 0 Å². The lowest BCUT2D eigenvalue weighted by molar-refractivity contribution is 0.0560. The molecule has 1 saturated carbocycles. The van der Waals surface area contributed by atoms with Crippen molar-refractivity contribution in [3.63, 3.8) is 0 Å². The SMILES string of the molecule is CCCc1ccccc1C(C(N)c1ccccc1)N1CCN(C(=O)OCC2CC2)CC1. The van der Waals surface area contributed by atoms with Crippen molar-refractivity contribution in [1.29, 1.82) is 0 Å². The van der Waals surface area contributed by atoms with Gasteiger partial charge in [-0.2, -0.15) is 0 Å². The minimum Gasteiger partial charge on any atom is -0.449 e. The van der Waals surface area contributed by atoms with Crippen LogP contribution in [-0.2, 0) is 11.2 Å². The highest BCUT2D eigenvalue weighted by Crippen LogP contribution is 2.35. The van der Waals surface area contributed by atoms with E-state index in [2.05, 4.69) is 60.4 Å². The molecule has 1 saturated heterocycles. The Morgan fingerprint density at radius 1 is 1.03 bits per heavy atom. The van der Waals surface area contributed by atoms with E-state index in [0.29, 0.717) is 25.6 Å². The van der Waals surface area contributed by atoms with E-state index in [-0.39, 0.29) is 18.2 Å². The van der Waals surface area contributed by atoms with Gasteiger partial charge in [-0.1, -0.05) is 67.9 Å². The van der Waals surface area contributed by atoms with Crippen molar-refractivity contribution in [2.45, 2.75) is 44.7 Å².